The highest BCUT2D eigenvalue weighted by atomic mass is 16.5. The average Bonchev–Trinajstić information content (AvgIpc) is 3.06. The summed E-state index contributed by atoms with van der Waals surface area (Å²) in [4.78, 5) is 11.0. The highest BCUT2D eigenvalue weighted by molar-refractivity contribution is 5.62. The molecule has 6 nitrogen and oxygen atoms in total. The normalized spacial score (nSPS) is 16.9. The molecule has 1 atom stereocenters. The molecule has 1 aromatic heterocycles. The Kier molecular flexibility index (Phi) is 5.15. The Morgan fingerprint density at radius 1 is 1.17 bits per heavy atom. The molecule has 1 aliphatic heterocycles. The summed E-state index contributed by atoms with van der Waals surface area (Å²) in [6, 6.07) is 10.2. The first-order valence-electron chi connectivity index (χ1n) is 8.36. The summed E-state index contributed by atoms with van der Waals surface area (Å²) in [5.74, 6) is 2.35. The van der Waals surface area contributed by atoms with Crippen LogP contribution in [0.3, 0.4) is 0 Å². The van der Waals surface area contributed by atoms with E-state index < -0.39 is 0 Å². The van der Waals surface area contributed by atoms with Crippen LogP contribution >= 0.6 is 0 Å². The molecule has 6 heteroatoms. The molecule has 1 aromatic carbocycles. The van der Waals surface area contributed by atoms with Crippen LogP contribution in [0, 0.1) is 6.92 Å². The molecule has 0 saturated carbocycles. The van der Waals surface area contributed by atoms with Gasteiger partial charge in [0.25, 0.3) is 0 Å². The van der Waals surface area contributed by atoms with E-state index in [9.17, 15) is 0 Å². The van der Waals surface area contributed by atoms with Gasteiger partial charge in [-0.25, -0.2) is 9.97 Å². The van der Waals surface area contributed by atoms with Crippen LogP contribution < -0.4 is 15.5 Å². The van der Waals surface area contributed by atoms with Gasteiger partial charge in [0.1, 0.15) is 17.5 Å². The minimum atomic E-state index is 0.287. The van der Waals surface area contributed by atoms with Crippen molar-refractivity contribution in [3.8, 4) is 0 Å². The summed E-state index contributed by atoms with van der Waals surface area (Å²) in [5.41, 5.74) is 2.17. The van der Waals surface area contributed by atoms with Gasteiger partial charge in [-0.05, 0) is 44.0 Å². The Bertz CT molecular complexity index is 666. The lowest BCUT2D eigenvalue weighted by Crippen LogP contribution is -2.19. The number of aryl methyl sites for hydroxylation is 1. The summed E-state index contributed by atoms with van der Waals surface area (Å²) < 4.78 is 5.64. The van der Waals surface area contributed by atoms with Gasteiger partial charge in [0.2, 0.25) is 0 Å². The maximum Gasteiger partial charge on any atom is 0.136 e. The minimum absolute atomic E-state index is 0.287. The molecule has 1 unspecified atom stereocenters. The average molecular weight is 327 g/mol. The van der Waals surface area contributed by atoms with Gasteiger partial charge in [0.05, 0.1) is 6.10 Å². The predicted molar refractivity (Wildman–Crippen MR) is 98.3 cm³/mol. The van der Waals surface area contributed by atoms with Crippen molar-refractivity contribution in [3.63, 3.8) is 0 Å². The molecule has 0 radical (unpaired) electrons. The first-order valence-corrected chi connectivity index (χ1v) is 8.36. The van der Waals surface area contributed by atoms with Crippen molar-refractivity contribution in [1.82, 2.24) is 9.97 Å². The molecule has 3 rings (SSSR count). The van der Waals surface area contributed by atoms with Crippen LogP contribution in [0.2, 0.25) is 0 Å². The molecule has 2 aromatic rings. The maximum atomic E-state index is 5.64. The number of ether oxygens (including phenoxy) is 1. The fraction of sp³-hybridized carbons (Fsp3) is 0.444. The lowest BCUT2D eigenvalue weighted by atomic mass is 10.2. The maximum absolute atomic E-state index is 5.64. The quantitative estimate of drug-likeness (QED) is 0.850. The summed E-state index contributed by atoms with van der Waals surface area (Å²) in [5, 5.41) is 6.69. The van der Waals surface area contributed by atoms with Crippen molar-refractivity contribution in [2.45, 2.75) is 25.9 Å². The highest BCUT2D eigenvalue weighted by Gasteiger charge is 2.15. The first kappa shape index (κ1) is 16.5. The molecule has 24 heavy (non-hydrogen) atoms. The van der Waals surface area contributed by atoms with Crippen molar-refractivity contribution in [1.29, 1.82) is 0 Å². The van der Waals surface area contributed by atoms with Crippen molar-refractivity contribution in [2.24, 2.45) is 0 Å². The van der Waals surface area contributed by atoms with Gasteiger partial charge in [0, 0.05) is 44.7 Å². The van der Waals surface area contributed by atoms with Gasteiger partial charge in [0.15, 0.2) is 0 Å². The zero-order valence-corrected chi connectivity index (χ0v) is 14.5. The molecule has 1 aliphatic rings. The van der Waals surface area contributed by atoms with Crippen molar-refractivity contribution >= 4 is 23.0 Å². The number of hydrogen-bond donors (Lipinski definition) is 2. The molecular formula is C18H25N5O. The smallest absolute Gasteiger partial charge is 0.136 e. The number of anilines is 4. The van der Waals surface area contributed by atoms with E-state index in [-0.39, 0.29) is 6.10 Å². The van der Waals surface area contributed by atoms with E-state index in [1.165, 1.54) is 5.69 Å². The van der Waals surface area contributed by atoms with Gasteiger partial charge in [-0.15, -0.1) is 0 Å². The lowest BCUT2D eigenvalue weighted by molar-refractivity contribution is 0.120. The van der Waals surface area contributed by atoms with E-state index in [0.717, 1.165) is 49.1 Å². The van der Waals surface area contributed by atoms with E-state index in [1.807, 2.05) is 39.2 Å². The summed E-state index contributed by atoms with van der Waals surface area (Å²) >= 11 is 0. The second-order valence-electron chi connectivity index (χ2n) is 6.27. The number of rotatable bonds is 6. The fourth-order valence-corrected chi connectivity index (χ4v) is 2.74. The predicted octanol–water partition coefficient (Wildman–Crippen LogP) is 3.19. The Balaban J connectivity index is 1.66. The summed E-state index contributed by atoms with van der Waals surface area (Å²) in [6.45, 7) is 3.55. The molecule has 1 saturated heterocycles. The molecule has 0 amide bonds. The van der Waals surface area contributed by atoms with Crippen LogP contribution in [0.15, 0.2) is 30.3 Å². The second kappa shape index (κ2) is 7.49. The van der Waals surface area contributed by atoms with E-state index in [2.05, 4.69) is 37.6 Å². The van der Waals surface area contributed by atoms with Crippen LogP contribution in [0.25, 0.3) is 0 Å². The van der Waals surface area contributed by atoms with E-state index >= 15 is 0 Å². The minimum Gasteiger partial charge on any atom is -0.378 e. The Hall–Kier alpha value is -2.34. The third-order valence-corrected chi connectivity index (χ3v) is 4.03. The Morgan fingerprint density at radius 3 is 2.58 bits per heavy atom. The standard InChI is InChI=1S/C18H25N5O/c1-13-20-17(19-12-16-5-4-10-24-16)11-18(21-13)22-14-6-8-15(9-7-14)23(2)3/h6-9,11,16H,4-5,10,12H2,1-3H3,(H2,19,20,21,22). The molecule has 0 aliphatic carbocycles. The van der Waals surface area contributed by atoms with Gasteiger partial charge < -0.3 is 20.3 Å². The number of nitrogens with zero attached hydrogens (tertiary/aromatic N) is 3. The van der Waals surface area contributed by atoms with E-state index in [0.29, 0.717) is 0 Å². The van der Waals surface area contributed by atoms with Crippen LogP contribution in [-0.4, -0.2) is 43.3 Å². The van der Waals surface area contributed by atoms with Crippen molar-refractivity contribution in [2.75, 3.05) is 42.8 Å². The Labute approximate surface area is 143 Å². The van der Waals surface area contributed by atoms with Gasteiger partial charge in [-0.1, -0.05) is 0 Å². The van der Waals surface area contributed by atoms with Crippen molar-refractivity contribution < 1.29 is 4.74 Å². The molecule has 2 N–H and O–H groups in total. The zero-order valence-electron chi connectivity index (χ0n) is 14.5. The number of hydrogen-bond acceptors (Lipinski definition) is 6. The molecule has 1 fully saturated rings. The topological polar surface area (TPSA) is 62.3 Å². The van der Waals surface area contributed by atoms with Crippen molar-refractivity contribution in [3.05, 3.63) is 36.2 Å². The van der Waals surface area contributed by atoms with E-state index in [4.69, 9.17) is 4.74 Å². The lowest BCUT2D eigenvalue weighted by Gasteiger charge is -2.14. The molecular weight excluding hydrogens is 302 g/mol. The number of nitrogens with one attached hydrogen (secondary N) is 2. The second-order valence-corrected chi connectivity index (χ2v) is 6.27. The largest absolute Gasteiger partial charge is 0.378 e. The van der Waals surface area contributed by atoms with E-state index in [1.54, 1.807) is 0 Å². The third kappa shape index (κ3) is 4.35. The SMILES string of the molecule is Cc1nc(NCC2CCCO2)cc(Nc2ccc(N(C)C)cc2)n1. The highest BCUT2D eigenvalue weighted by Crippen LogP contribution is 2.21. The van der Waals surface area contributed by atoms with Gasteiger partial charge >= 0.3 is 0 Å². The van der Waals surface area contributed by atoms with Crippen LogP contribution in [0.1, 0.15) is 18.7 Å². The summed E-state index contributed by atoms with van der Waals surface area (Å²) in [7, 11) is 4.06. The van der Waals surface area contributed by atoms with Gasteiger partial charge in [-0.3, -0.25) is 0 Å². The molecule has 2 heterocycles. The third-order valence-electron chi connectivity index (χ3n) is 4.03. The first-order chi connectivity index (χ1) is 11.6. The monoisotopic (exact) mass is 327 g/mol. The van der Waals surface area contributed by atoms with Crippen LogP contribution in [0.4, 0.5) is 23.0 Å². The Morgan fingerprint density at radius 2 is 1.92 bits per heavy atom. The van der Waals surface area contributed by atoms with Crippen LogP contribution in [0.5, 0.6) is 0 Å². The fourth-order valence-electron chi connectivity index (χ4n) is 2.74. The molecule has 0 bridgehead atoms. The van der Waals surface area contributed by atoms with Gasteiger partial charge in [-0.2, -0.15) is 0 Å². The molecule has 0 spiro atoms. The number of aromatic nitrogens is 2. The zero-order chi connectivity index (χ0) is 16.9. The molecule has 128 valence electrons. The number of benzene rings is 1. The van der Waals surface area contributed by atoms with Crippen LogP contribution in [-0.2, 0) is 4.74 Å². The summed E-state index contributed by atoms with van der Waals surface area (Å²) in [6.07, 6.45) is 2.54.